The molecule has 0 spiro atoms. The number of ether oxygens (including phenoxy) is 2. The standard InChI is InChI=1S/C28H25N3O4/c1-28-25-24(20-9-4-6-10-22(20)29-25)21(19-8-5-7-11-23(19)35-3)16-30(28)27(33)31(26(28)32)17-12-14-18(34-2)15-13-17/h4-15,21,29H,16H2,1-3H3. The lowest BCUT2D eigenvalue weighted by Gasteiger charge is -2.40. The van der Waals surface area contributed by atoms with Crippen molar-refractivity contribution in [3.05, 3.63) is 89.6 Å². The van der Waals surface area contributed by atoms with Gasteiger partial charge in [0.25, 0.3) is 5.91 Å². The van der Waals surface area contributed by atoms with E-state index in [9.17, 15) is 9.59 Å². The average Bonchev–Trinajstić information content (AvgIpc) is 3.38. The number of fused-ring (bicyclic) bond motifs is 5. The highest BCUT2D eigenvalue weighted by atomic mass is 16.5. The van der Waals surface area contributed by atoms with E-state index >= 15 is 0 Å². The van der Waals surface area contributed by atoms with E-state index in [2.05, 4.69) is 11.1 Å². The van der Waals surface area contributed by atoms with Crippen LogP contribution in [0.3, 0.4) is 0 Å². The van der Waals surface area contributed by atoms with Gasteiger partial charge in [0.05, 0.1) is 25.6 Å². The van der Waals surface area contributed by atoms with Gasteiger partial charge in [-0.25, -0.2) is 9.69 Å². The van der Waals surface area contributed by atoms with E-state index in [1.54, 1.807) is 43.4 Å². The summed E-state index contributed by atoms with van der Waals surface area (Å²) >= 11 is 0. The van der Waals surface area contributed by atoms with Crippen LogP contribution in [0.4, 0.5) is 10.5 Å². The molecule has 0 bridgehead atoms. The van der Waals surface area contributed by atoms with Crippen LogP contribution in [0.1, 0.15) is 29.7 Å². The molecule has 0 aliphatic carbocycles. The van der Waals surface area contributed by atoms with Crippen molar-refractivity contribution in [3.63, 3.8) is 0 Å². The number of carbonyl (C=O) groups is 2. The number of methoxy groups -OCH3 is 2. The second-order valence-corrected chi connectivity index (χ2v) is 9.06. The molecule has 1 N–H and O–H groups in total. The molecular formula is C28H25N3O4. The number of aromatic amines is 1. The van der Waals surface area contributed by atoms with Gasteiger partial charge >= 0.3 is 6.03 Å². The summed E-state index contributed by atoms with van der Waals surface area (Å²) in [5.74, 6) is 0.963. The highest BCUT2D eigenvalue weighted by molar-refractivity contribution is 6.23. The number of carbonyl (C=O) groups excluding carboxylic acids is 2. The van der Waals surface area contributed by atoms with Crippen LogP contribution in [-0.2, 0) is 10.3 Å². The number of H-pyrrole nitrogens is 1. The summed E-state index contributed by atoms with van der Waals surface area (Å²) in [4.78, 5) is 34.3. The molecular weight excluding hydrogens is 442 g/mol. The maximum absolute atomic E-state index is 14.0. The third-order valence-electron chi connectivity index (χ3n) is 7.37. The van der Waals surface area contributed by atoms with Gasteiger partial charge in [0.1, 0.15) is 11.5 Å². The number of amides is 3. The van der Waals surface area contributed by atoms with E-state index in [0.717, 1.165) is 33.5 Å². The van der Waals surface area contributed by atoms with E-state index in [1.807, 2.05) is 49.4 Å². The van der Waals surface area contributed by atoms with Crippen LogP contribution < -0.4 is 14.4 Å². The molecule has 2 atom stereocenters. The van der Waals surface area contributed by atoms with E-state index in [0.29, 0.717) is 18.0 Å². The summed E-state index contributed by atoms with van der Waals surface area (Å²) in [5, 5.41) is 1.04. The van der Waals surface area contributed by atoms with Crippen molar-refractivity contribution in [1.82, 2.24) is 9.88 Å². The number of rotatable bonds is 4. The van der Waals surface area contributed by atoms with Crippen molar-refractivity contribution < 1.29 is 19.1 Å². The fourth-order valence-electron chi connectivity index (χ4n) is 5.59. The van der Waals surface area contributed by atoms with Crippen LogP contribution in [0.2, 0.25) is 0 Å². The van der Waals surface area contributed by atoms with Gasteiger partial charge < -0.3 is 19.4 Å². The summed E-state index contributed by atoms with van der Waals surface area (Å²) in [6.45, 7) is 2.19. The zero-order valence-electron chi connectivity index (χ0n) is 19.7. The molecule has 2 aliphatic heterocycles. The van der Waals surface area contributed by atoms with Gasteiger partial charge in [-0.3, -0.25) is 4.79 Å². The quantitative estimate of drug-likeness (QED) is 0.428. The molecule has 7 nitrogen and oxygen atoms in total. The second-order valence-electron chi connectivity index (χ2n) is 9.06. The Labute approximate surface area is 202 Å². The van der Waals surface area contributed by atoms with Crippen molar-refractivity contribution in [3.8, 4) is 11.5 Å². The third kappa shape index (κ3) is 2.84. The highest BCUT2D eigenvalue weighted by Crippen LogP contribution is 2.51. The van der Waals surface area contributed by atoms with Crippen molar-refractivity contribution >= 4 is 28.5 Å². The number of nitrogens with one attached hydrogen (secondary N) is 1. The minimum absolute atomic E-state index is 0.169. The summed E-state index contributed by atoms with van der Waals surface area (Å²) in [6.07, 6.45) is 0. The number of imide groups is 1. The first-order chi connectivity index (χ1) is 17.0. The second kappa shape index (κ2) is 7.63. The smallest absolute Gasteiger partial charge is 0.332 e. The predicted molar refractivity (Wildman–Crippen MR) is 133 cm³/mol. The van der Waals surface area contributed by atoms with Crippen molar-refractivity contribution in [2.45, 2.75) is 18.4 Å². The highest BCUT2D eigenvalue weighted by Gasteiger charge is 2.60. The number of para-hydroxylation sites is 2. The molecule has 35 heavy (non-hydrogen) atoms. The molecule has 1 aromatic heterocycles. The Kier molecular flexibility index (Phi) is 4.64. The largest absolute Gasteiger partial charge is 0.497 e. The number of benzene rings is 3. The minimum atomic E-state index is -1.16. The zero-order valence-corrected chi connectivity index (χ0v) is 19.7. The third-order valence-corrected chi connectivity index (χ3v) is 7.37. The average molecular weight is 468 g/mol. The molecule has 1 fully saturated rings. The van der Waals surface area contributed by atoms with Gasteiger partial charge in [-0.1, -0.05) is 36.4 Å². The first-order valence-corrected chi connectivity index (χ1v) is 11.5. The lowest BCUT2D eigenvalue weighted by atomic mass is 9.78. The SMILES string of the molecule is COc1ccc(N2C(=O)N3CC(c4ccccc4OC)c4c([nH]c5ccccc45)C3(C)C2=O)cc1. The Balaban J connectivity index is 1.57. The van der Waals surface area contributed by atoms with Gasteiger partial charge in [-0.05, 0) is 48.9 Å². The Bertz CT molecular complexity index is 1480. The van der Waals surface area contributed by atoms with Crippen LogP contribution in [0.25, 0.3) is 10.9 Å². The summed E-state index contributed by atoms with van der Waals surface area (Å²) in [7, 11) is 3.23. The zero-order chi connectivity index (χ0) is 24.3. The fourth-order valence-corrected chi connectivity index (χ4v) is 5.59. The van der Waals surface area contributed by atoms with Crippen LogP contribution in [0.5, 0.6) is 11.5 Å². The molecule has 2 aliphatic rings. The Morgan fingerprint density at radius 3 is 2.37 bits per heavy atom. The van der Waals surface area contributed by atoms with Gasteiger partial charge in [-0.2, -0.15) is 0 Å². The van der Waals surface area contributed by atoms with E-state index in [-0.39, 0.29) is 17.9 Å². The van der Waals surface area contributed by atoms with Crippen LogP contribution in [0, 0.1) is 0 Å². The number of urea groups is 1. The molecule has 3 heterocycles. The molecule has 176 valence electrons. The first kappa shape index (κ1) is 21.3. The monoisotopic (exact) mass is 467 g/mol. The van der Waals surface area contributed by atoms with Crippen LogP contribution >= 0.6 is 0 Å². The topological polar surface area (TPSA) is 74.9 Å². The fraction of sp³-hybridized carbons (Fsp3) is 0.214. The van der Waals surface area contributed by atoms with Crippen LogP contribution in [-0.4, -0.2) is 42.6 Å². The molecule has 1 saturated heterocycles. The van der Waals surface area contributed by atoms with Crippen molar-refractivity contribution in [2.24, 2.45) is 0 Å². The Hall–Kier alpha value is -4.26. The minimum Gasteiger partial charge on any atom is -0.497 e. The maximum Gasteiger partial charge on any atom is 0.332 e. The molecule has 3 amide bonds. The number of nitrogens with zero attached hydrogens (tertiary/aromatic N) is 2. The Morgan fingerprint density at radius 2 is 1.63 bits per heavy atom. The first-order valence-electron chi connectivity index (χ1n) is 11.5. The number of aromatic nitrogens is 1. The van der Waals surface area contributed by atoms with Gasteiger partial charge in [0, 0.05) is 28.9 Å². The van der Waals surface area contributed by atoms with Crippen molar-refractivity contribution in [2.75, 3.05) is 25.7 Å². The summed E-state index contributed by atoms with van der Waals surface area (Å²) < 4.78 is 10.9. The van der Waals surface area contributed by atoms with Gasteiger partial charge in [-0.15, -0.1) is 0 Å². The Morgan fingerprint density at radius 1 is 0.914 bits per heavy atom. The van der Waals surface area contributed by atoms with Crippen LogP contribution in [0.15, 0.2) is 72.8 Å². The molecule has 6 rings (SSSR count). The summed E-state index contributed by atoms with van der Waals surface area (Å²) in [6, 6.07) is 22.5. The molecule has 4 aromatic rings. The molecule has 0 radical (unpaired) electrons. The number of hydrogen-bond acceptors (Lipinski definition) is 4. The summed E-state index contributed by atoms with van der Waals surface area (Å²) in [5.41, 5.74) is 3.04. The van der Waals surface area contributed by atoms with Gasteiger partial charge in [0.2, 0.25) is 0 Å². The number of hydrogen-bond donors (Lipinski definition) is 1. The molecule has 3 aromatic carbocycles. The molecule has 0 saturated carbocycles. The van der Waals surface area contributed by atoms with Gasteiger partial charge in [0.15, 0.2) is 5.54 Å². The predicted octanol–water partition coefficient (Wildman–Crippen LogP) is 5.01. The normalized spacial score (nSPS) is 21.3. The molecule has 7 heteroatoms. The van der Waals surface area contributed by atoms with E-state index in [4.69, 9.17) is 9.47 Å². The number of anilines is 1. The van der Waals surface area contributed by atoms with Crippen molar-refractivity contribution in [1.29, 1.82) is 0 Å². The lowest BCUT2D eigenvalue weighted by molar-refractivity contribution is -0.125. The van der Waals surface area contributed by atoms with E-state index < -0.39 is 5.54 Å². The van der Waals surface area contributed by atoms with E-state index in [1.165, 1.54) is 4.90 Å². The maximum atomic E-state index is 14.0. The molecule has 2 unspecified atom stereocenters. The lowest BCUT2D eigenvalue weighted by Crippen LogP contribution is -2.50.